The van der Waals surface area contributed by atoms with Crippen LogP contribution in [0, 0.1) is 5.92 Å². The summed E-state index contributed by atoms with van der Waals surface area (Å²) in [6.45, 7) is -0.787. The third kappa shape index (κ3) is 4.51. The maximum atomic E-state index is 11.8. The van der Waals surface area contributed by atoms with E-state index in [9.17, 15) is 22.6 Å². The summed E-state index contributed by atoms with van der Waals surface area (Å²) in [5.41, 5.74) is 2.77. The van der Waals surface area contributed by atoms with Crippen LogP contribution in [0.1, 0.15) is 5.56 Å². The van der Waals surface area contributed by atoms with E-state index in [2.05, 4.69) is 0 Å². The van der Waals surface area contributed by atoms with Crippen molar-refractivity contribution in [2.75, 3.05) is 6.61 Å². The molecule has 9 nitrogen and oxygen atoms in total. The number of hydroxylamine groups is 1. The second kappa shape index (κ2) is 8.20. The van der Waals surface area contributed by atoms with Gasteiger partial charge in [-0.25, -0.2) is 18.2 Å². The van der Waals surface area contributed by atoms with Crippen LogP contribution in [0.3, 0.4) is 0 Å². The van der Waals surface area contributed by atoms with Crippen molar-refractivity contribution < 1.29 is 62.1 Å². The summed E-state index contributed by atoms with van der Waals surface area (Å²) in [6, 6.07) is 7.45. The van der Waals surface area contributed by atoms with Gasteiger partial charge in [-0.15, -0.1) is 0 Å². The summed E-state index contributed by atoms with van der Waals surface area (Å²) in [5.74, 6) is -3.57. The van der Waals surface area contributed by atoms with Gasteiger partial charge in [0.25, 0.3) is 11.8 Å². The molecular weight excluding hydrogens is 339 g/mol. The number of β-lactam (4-membered cyclic amide) rings is 1. The molecule has 0 saturated carbocycles. The van der Waals surface area contributed by atoms with E-state index in [4.69, 9.17) is 9.94 Å². The zero-order valence-corrected chi connectivity index (χ0v) is 15.0. The molecule has 11 heteroatoms. The van der Waals surface area contributed by atoms with Crippen LogP contribution in [-0.2, 0) is 31.3 Å². The van der Waals surface area contributed by atoms with E-state index in [1.807, 2.05) is 5.48 Å². The molecule has 1 fully saturated rings. The maximum absolute atomic E-state index is 11.8. The molecule has 0 unspecified atom stereocenters. The molecule has 0 radical (unpaired) electrons. The molecule has 1 heterocycles. The van der Waals surface area contributed by atoms with Crippen LogP contribution in [0.15, 0.2) is 30.3 Å². The maximum Gasteiger partial charge on any atom is 1.00 e. The average molecular weight is 352 g/mol. The number of aliphatic hydroxyl groups excluding tert-OH is 1. The third-order valence-corrected chi connectivity index (χ3v) is 4.07. The van der Waals surface area contributed by atoms with Gasteiger partial charge in [-0.1, -0.05) is 30.3 Å². The predicted octanol–water partition coefficient (Wildman–Crippen LogP) is -4.48. The number of carbonyl (C=O) groups is 2. The van der Waals surface area contributed by atoms with Crippen LogP contribution in [0.25, 0.3) is 0 Å². The van der Waals surface area contributed by atoms with Gasteiger partial charge in [-0.05, 0) is 5.56 Å². The normalized spacial score (nSPS) is 20.4. The number of carbonyl (C=O) groups excluding carboxylic acids is 2. The van der Waals surface area contributed by atoms with Gasteiger partial charge in [-0.3, -0.25) is 14.4 Å². The number of amides is 2. The zero-order chi connectivity index (χ0) is 16.3. The summed E-state index contributed by atoms with van der Waals surface area (Å²) in [4.78, 5) is 28.3. The van der Waals surface area contributed by atoms with Gasteiger partial charge in [0.1, 0.15) is 5.92 Å². The van der Waals surface area contributed by atoms with Gasteiger partial charge in [0.2, 0.25) is 0 Å². The van der Waals surface area contributed by atoms with E-state index in [-0.39, 0.29) is 40.5 Å². The minimum absolute atomic E-state index is 0. The summed E-state index contributed by atoms with van der Waals surface area (Å²) >= 11 is 0. The van der Waals surface area contributed by atoms with Crippen LogP contribution >= 0.6 is 0 Å². The van der Waals surface area contributed by atoms with Crippen molar-refractivity contribution in [1.29, 1.82) is 0 Å². The van der Waals surface area contributed by atoms with Gasteiger partial charge >= 0.3 is 29.6 Å². The second-order valence-electron chi connectivity index (χ2n) is 4.56. The summed E-state index contributed by atoms with van der Waals surface area (Å²) in [7, 11) is -5.05. The first-order valence-corrected chi connectivity index (χ1v) is 7.58. The summed E-state index contributed by atoms with van der Waals surface area (Å²) in [5, 5.41) is 9.04. The van der Waals surface area contributed by atoms with Crippen molar-refractivity contribution in [1.82, 2.24) is 9.79 Å². The molecule has 23 heavy (non-hydrogen) atoms. The molecule has 1 saturated heterocycles. The van der Waals surface area contributed by atoms with Crippen molar-refractivity contribution >= 4 is 22.1 Å². The topological polar surface area (TPSA) is 136 Å². The Balaban J connectivity index is 0.00000264. The fourth-order valence-electron chi connectivity index (χ4n) is 2.09. The molecule has 0 aliphatic carbocycles. The fourth-order valence-corrected chi connectivity index (χ4v) is 2.94. The molecule has 2 N–H and O–H groups in total. The van der Waals surface area contributed by atoms with E-state index < -0.39 is 40.7 Å². The number of hydrogen-bond donors (Lipinski definition) is 2. The van der Waals surface area contributed by atoms with E-state index in [0.717, 1.165) is 5.56 Å². The van der Waals surface area contributed by atoms with Crippen LogP contribution in [0.2, 0.25) is 0 Å². The second-order valence-corrected chi connectivity index (χ2v) is 5.81. The van der Waals surface area contributed by atoms with Crippen molar-refractivity contribution in [2.24, 2.45) is 5.92 Å². The summed E-state index contributed by atoms with van der Waals surface area (Å²) in [6.07, 6.45) is 0. The Morgan fingerprint density at radius 3 is 2.48 bits per heavy atom. The van der Waals surface area contributed by atoms with E-state index in [1.165, 1.54) is 0 Å². The monoisotopic (exact) mass is 352 g/mol. The molecule has 1 aromatic carbocycles. The molecule has 0 bridgehead atoms. The van der Waals surface area contributed by atoms with Crippen molar-refractivity contribution in [3.63, 3.8) is 0 Å². The number of benzene rings is 1. The van der Waals surface area contributed by atoms with Gasteiger partial charge in [0.15, 0.2) is 10.3 Å². The van der Waals surface area contributed by atoms with Gasteiger partial charge in [0.05, 0.1) is 19.3 Å². The number of rotatable bonds is 6. The van der Waals surface area contributed by atoms with Crippen LogP contribution in [0.5, 0.6) is 0 Å². The first kappa shape index (κ1) is 20.0. The molecule has 120 valence electrons. The summed E-state index contributed by atoms with van der Waals surface area (Å²) < 4.78 is 32.5. The molecular formula is C12H13N2NaO7S. The number of aliphatic hydroxyl groups is 1. The molecule has 1 aliphatic heterocycles. The Bertz CT molecular complexity index is 667. The standard InChI is InChI=1S/C12H14N2O7S.Na/c15-6-9-10(12(17)14(9)22(18,19)20)11(16)13-21-7-8-4-2-1-3-5-8;/h1-5,9-10,15H,6-7H2,(H,13,16)(H,18,19,20);/q;+1/p-1/t9-,10+;/m1./s1. The number of nitrogens with one attached hydrogen (secondary N) is 1. The Morgan fingerprint density at radius 2 is 1.96 bits per heavy atom. The van der Waals surface area contributed by atoms with Gasteiger partial charge < -0.3 is 9.66 Å². The van der Waals surface area contributed by atoms with Crippen LogP contribution in [-0.4, -0.2) is 46.8 Å². The Labute approximate surface area is 154 Å². The van der Waals surface area contributed by atoms with Crippen LogP contribution in [0.4, 0.5) is 0 Å². The van der Waals surface area contributed by atoms with E-state index >= 15 is 0 Å². The van der Waals surface area contributed by atoms with E-state index in [0.29, 0.717) is 0 Å². The Kier molecular flexibility index (Phi) is 7.14. The SMILES string of the molecule is O=C(NOCc1ccccc1)[C@H]1C(=O)N(S(=O)(=O)[O-])[C@@H]1CO.[Na+]. The quantitative estimate of drug-likeness (QED) is 0.173. The third-order valence-electron chi connectivity index (χ3n) is 3.13. The molecule has 1 aliphatic rings. The Morgan fingerprint density at radius 1 is 1.35 bits per heavy atom. The zero-order valence-electron chi connectivity index (χ0n) is 12.2. The minimum atomic E-state index is -5.05. The van der Waals surface area contributed by atoms with Crippen LogP contribution < -0.4 is 35.0 Å². The molecule has 0 spiro atoms. The average Bonchev–Trinajstić information content (AvgIpc) is 2.44. The van der Waals surface area contributed by atoms with Gasteiger partial charge in [-0.2, -0.15) is 0 Å². The number of nitrogens with zero attached hydrogens (tertiary/aromatic N) is 1. The predicted molar refractivity (Wildman–Crippen MR) is 70.3 cm³/mol. The van der Waals surface area contributed by atoms with Gasteiger partial charge in [0, 0.05) is 0 Å². The minimum Gasteiger partial charge on any atom is -0.731 e. The fraction of sp³-hybridized carbons (Fsp3) is 0.333. The first-order chi connectivity index (χ1) is 10.4. The van der Waals surface area contributed by atoms with Crippen molar-refractivity contribution in [2.45, 2.75) is 12.6 Å². The first-order valence-electron chi connectivity index (χ1n) is 6.21. The largest absolute Gasteiger partial charge is 1.00 e. The van der Waals surface area contributed by atoms with E-state index in [1.54, 1.807) is 30.3 Å². The molecule has 2 atom stereocenters. The Hall–Kier alpha value is -1.01. The molecule has 1 aromatic rings. The van der Waals surface area contributed by atoms with Crippen molar-refractivity contribution in [3.05, 3.63) is 35.9 Å². The molecule has 2 rings (SSSR count). The smallest absolute Gasteiger partial charge is 0.731 e. The molecule has 0 aromatic heterocycles. The van der Waals surface area contributed by atoms with Crippen molar-refractivity contribution in [3.8, 4) is 0 Å². The number of hydrogen-bond acceptors (Lipinski definition) is 7. The molecule has 2 amide bonds.